The highest BCUT2D eigenvalue weighted by Crippen LogP contribution is 2.21. The topological polar surface area (TPSA) is 93.0 Å². The summed E-state index contributed by atoms with van der Waals surface area (Å²) < 4.78 is 5.17. The largest absolute Gasteiger partial charge is 0.497 e. The predicted octanol–water partition coefficient (Wildman–Crippen LogP) is 2.09. The van der Waals surface area contributed by atoms with Crippen molar-refractivity contribution in [3.8, 4) is 17.1 Å². The molecule has 0 bridgehead atoms. The molecular formula is C16H18N6O. The van der Waals surface area contributed by atoms with Gasteiger partial charge in [0.05, 0.1) is 7.11 Å². The van der Waals surface area contributed by atoms with E-state index in [1.807, 2.05) is 43.4 Å². The Kier molecular flexibility index (Phi) is 4.09. The number of pyridine rings is 1. The third-order valence-corrected chi connectivity index (χ3v) is 3.49. The average molecular weight is 310 g/mol. The van der Waals surface area contributed by atoms with Gasteiger partial charge in [0, 0.05) is 25.4 Å². The summed E-state index contributed by atoms with van der Waals surface area (Å²) in [4.78, 5) is 10.6. The zero-order valence-corrected chi connectivity index (χ0v) is 13.0. The number of aromatic amines is 1. The first-order chi connectivity index (χ1) is 11.2. The van der Waals surface area contributed by atoms with Crippen LogP contribution in [0.15, 0.2) is 42.6 Å². The number of nitrogens with zero attached hydrogens (tertiary/aromatic N) is 4. The zero-order valence-electron chi connectivity index (χ0n) is 13.0. The molecule has 0 amide bonds. The van der Waals surface area contributed by atoms with Crippen molar-refractivity contribution in [1.29, 1.82) is 0 Å². The van der Waals surface area contributed by atoms with Crippen molar-refractivity contribution < 1.29 is 4.74 Å². The van der Waals surface area contributed by atoms with Crippen LogP contribution < -0.4 is 15.4 Å². The first kappa shape index (κ1) is 14.8. The van der Waals surface area contributed by atoms with Crippen LogP contribution in [0.1, 0.15) is 5.56 Å². The Morgan fingerprint density at radius 2 is 2.00 bits per heavy atom. The Balaban J connectivity index is 1.77. The minimum atomic E-state index is 0.227. The third-order valence-electron chi connectivity index (χ3n) is 3.49. The molecule has 0 aliphatic heterocycles. The fourth-order valence-corrected chi connectivity index (χ4v) is 2.26. The summed E-state index contributed by atoms with van der Waals surface area (Å²) in [7, 11) is 3.65. The van der Waals surface area contributed by atoms with Crippen LogP contribution in [-0.2, 0) is 6.54 Å². The van der Waals surface area contributed by atoms with Gasteiger partial charge in [0.15, 0.2) is 5.82 Å². The van der Waals surface area contributed by atoms with Crippen LogP contribution in [0.3, 0.4) is 0 Å². The van der Waals surface area contributed by atoms with E-state index in [0.29, 0.717) is 5.82 Å². The molecule has 118 valence electrons. The fourth-order valence-electron chi connectivity index (χ4n) is 2.26. The quantitative estimate of drug-likeness (QED) is 0.749. The Hall–Kier alpha value is -3.09. The van der Waals surface area contributed by atoms with Gasteiger partial charge < -0.3 is 15.4 Å². The number of nitrogens with two attached hydrogens (primary N) is 1. The van der Waals surface area contributed by atoms with E-state index >= 15 is 0 Å². The Morgan fingerprint density at radius 1 is 1.22 bits per heavy atom. The maximum atomic E-state index is 5.55. The molecule has 0 spiro atoms. The number of ether oxygens (including phenoxy) is 1. The third kappa shape index (κ3) is 3.39. The normalized spacial score (nSPS) is 10.5. The average Bonchev–Trinajstić information content (AvgIpc) is 3.02. The van der Waals surface area contributed by atoms with Crippen LogP contribution >= 0.6 is 0 Å². The lowest BCUT2D eigenvalue weighted by Gasteiger charge is -2.18. The summed E-state index contributed by atoms with van der Waals surface area (Å²) in [5.74, 6) is 2.54. The molecule has 2 heterocycles. The van der Waals surface area contributed by atoms with Gasteiger partial charge in [-0.05, 0) is 29.8 Å². The van der Waals surface area contributed by atoms with Gasteiger partial charge in [-0.2, -0.15) is 4.98 Å². The highest BCUT2D eigenvalue weighted by molar-refractivity contribution is 5.60. The smallest absolute Gasteiger partial charge is 0.239 e. The SMILES string of the molecule is COc1ccc(CN(C)c2cc(-c3nc(N)n[nH]3)ccn2)cc1. The van der Waals surface area contributed by atoms with E-state index in [1.54, 1.807) is 13.3 Å². The van der Waals surface area contributed by atoms with Crippen molar-refractivity contribution in [3.05, 3.63) is 48.2 Å². The van der Waals surface area contributed by atoms with Crippen molar-refractivity contribution in [2.45, 2.75) is 6.54 Å². The predicted molar refractivity (Wildman–Crippen MR) is 89.1 cm³/mol. The molecular weight excluding hydrogens is 292 g/mol. The van der Waals surface area contributed by atoms with E-state index in [9.17, 15) is 0 Å². The van der Waals surface area contributed by atoms with E-state index in [0.717, 1.165) is 23.7 Å². The van der Waals surface area contributed by atoms with Crippen LogP contribution in [0.5, 0.6) is 5.75 Å². The van der Waals surface area contributed by atoms with E-state index in [-0.39, 0.29) is 5.95 Å². The number of methoxy groups -OCH3 is 1. The van der Waals surface area contributed by atoms with Crippen molar-refractivity contribution in [2.75, 3.05) is 24.8 Å². The monoisotopic (exact) mass is 310 g/mol. The molecule has 3 rings (SSSR count). The summed E-state index contributed by atoms with van der Waals surface area (Å²) in [5.41, 5.74) is 7.61. The van der Waals surface area contributed by atoms with Crippen LogP contribution in [0.25, 0.3) is 11.4 Å². The zero-order chi connectivity index (χ0) is 16.2. The summed E-state index contributed by atoms with van der Waals surface area (Å²) >= 11 is 0. The molecule has 3 N–H and O–H groups in total. The van der Waals surface area contributed by atoms with E-state index < -0.39 is 0 Å². The lowest BCUT2D eigenvalue weighted by molar-refractivity contribution is 0.414. The summed E-state index contributed by atoms with van der Waals surface area (Å²) in [6.45, 7) is 0.735. The van der Waals surface area contributed by atoms with Crippen LogP contribution in [0.4, 0.5) is 11.8 Å². The first-order valence-corrected chi connectivity index (χ1v) is 7.14. The second-order valence-electron chi connectivity index (χ2n) is 5.15. The first-order valence-electron chi connectivity index (χ1n) is 7.14. The van der Waals surface area contributed by atoms with Gasteiger partial charge in [-0.1, -0.05) is 12.1 Å². The number of H-pyrrole nitrogens is 1. The molecule has 0 radical (unpaired) electrons. The molecule has 2 aromatic heterocycles. The van der Waals surface area contributed by atoms with Gasteiger partial charge in [0.1, 0.15) is 11.6 Å². The summed E-state index contributed by atoms with van der Waals surface area (Å²) in [5, 5.41) is 6.65. The molecule has 0 unspecified atom stereocenters. The Labute approximate surface area is 134 Å². The molecule has 0 aliphatic carbocycles. The molecule has 23 heavy (non-hydrogen) atoms. The van der Waals surface area contributed by atoms with E-state index in [4.69, 9.17) is 10.5 Å². The molecule has 0 saturated carbocycles. The number of hydrogen-bond donors (Lipinski definition) is 2. The van der Waals surface area contributed by atoms with Gasteiger partial charge >= 0.3 is 0 Å². The van der Waals surface area contributed by atoms with Crippen LogP contribution in [-0.4, -0.2) is 34.3 Å². The number of nitrogen functional groups attached to an aromatic ring is 1. The number of benzene rings is 1. The van der Waals surface area contributed by atoms with Crippen molar-refractivity contribution in [1.82, 2.24) is 20.2 Å². The van der Waals surface area contributed by atoms with Crippen molar-refractivity contribution >= 4 is 11.8 Å². The van der Waals surface area contributed by atoms with E-state index in [2.05, 4.69) is 25.1 Å². The number of hydrogen-bond acceptors (Lipinski definition) is 6. The van der Waals surface area contributed by atoms with Crippen molar-refractivity contribution in [2.24, 2.45) is 0 Å². The second-order valence-corrected chi connectivity index (χ2v) is 5.15. The number of rotatable bonds is 5. The minimum Gasteiger partial charge on any atom is -0.497 e. The van der Waals surface area contributed by atoms with Gasteiger partial charge in [0.2, 0.25) is 5.95 Å². The maximum absolute atomic E-state index is 5.55. The van der Waals surface area contributed by atoms with Gasteiger partial charge in [-0.3, -0.25) is 5.10 Å². The highest BCUT2D eigenvalue weighted by Gasteiger charge is 2.08. The van der Waals surface area contributed by atoms with Crippen LogP contribution in [0.2, 0.25) is 0 Å². The molecule has 1 aromatic carbocycles. The van der Waals surface area contributed by atoms with Crippen molar-refractivity contribution in [3.63, 3.8) is 0 Å². The molecule has 0 atom stereocenters. The molecule has 7 nitrogen and oxygen atoms in total. The lowest BCUT2D eigenvalue weighted by Crippen LogP contribution is -2.17. The van der Waals surface area contributed by atoms with Gasteiger partial charge in [0.25, 0.3) is 0 Å². The minimum absolute atomic E-state index is 0.227. The maximum Gasteiger partial charge on any atom is 0.239 e. The highest BCUT2D eigenvalue weighted by atomic mass is 16.5. The van der Waals surface area contributed by atoms with E-state index in [1.165, 1.54) is 5.56 Å². The number of anilines is 2. The summed E-state index contributed by atoms with van der Waals surface area (Å²) in [6.07, 6.45) is 1.74. The standard InChI is InChI=1S/C16H18N6O/c1-22(10-11-3-5-13(23-2)6-4-11)14-9-12(7-8-18-14)15-19-16(17)21-20-15/h3-9H,10H2,1-2H3,(H3,17,19,20,21). The van der Waals surface area contributed by atoms with Crippen LogP contribution in [0, 0.1) is 0 Å². The Bertz CT molecular complexity index is 783. The molecule has 0 fully saturated rings. The fraction of sp³-hybridized carbons (Fsp3) is 0.188. The number of aromatic nitrogens is 4. The second kappa shape index (κ2) is 6.35. The lowest BCUT2D eigenvalue weighted by atomic mass is 10.2. The Morgan fingerprint density at radius 3 is 2.65 bits per heavy atom. The molecule has 0 aliphatic rings. The van der Waals surface area contributed by atoms with Gasteiger partial charge in [-0.15, -0.1) is 5.10 Å². The van der Waals surface area contributed by atoms with Gasteiger partial charge in [-0.25, -0.2) is 4.98 Å². The molecule has 3 aromatic rings. The molecule has 7 heteroatoms. The molecule has 0 saturated heterocycles. The summed E-state index contributed by atoms with van der Waals surface area (Å²) in [6, 6.07) is 11.8. The number of nitrogens with one attached hydrogen (secondary N) is 1.